The van der Waals surface area contributed by atoms with E-state index < -0.39 is 5.97 Å². The van der Waals surface area contributed by atoms with E-state index in [1.165, 1.54) is 0 Å². The fourth-order valence-corrected chi connectivity index (χ4v) is 2.66. The van der Waals surface area contributed by atoms with Crippen LogP contribution >= 0.6 is 0 Å². The molecule has 1 N–H and O–H groups in total. The second-order valence-electron chi connectivity index (χ2n) is 5.59. The molecule has 1 aliphatic rings. The topological polar surface area (TPSA) is 66.8 Å². The molecule has 1 aliphatic heterocycles. The third-order valence-corrected chi connectivity index (χ3v) is 3.50. The first-order chi connectivity index (χ1) is 9.97. The minimum atomic E-state index is -0.864. The van der Waals surface area contributed by atoms with Crippen molar-refractivity contribution in [3.63, 3.8) is 0 Å². The normalized spacial score (nSPS) is 18.0. The number of nitrogens with zero attached hydrogens (tertiary/aromatic N) is 1. The van der Waals surface area contributed by atoms with Gasteiger partial charge in [0.2, 0.25) is 0 Å². The van der Waals surface area contributed by atoms with E-state index in [2.05, 4.69) is 0 Å². The molecule has 1 atom stereocenters. The number of carboxylic acids is 1. The molecule has 0 radical (unpaired) electrons. The average molecular weight is 291 g/mol. The number of ether oxygens (including phenoxy) is 1. The van der Waals surface area contributed by atoms with Gasteiger partial charge in [-0.1, -0.05) is 6.07 Å². The Morgan fingerprint density at radius 3 is 2.86 bits per heavy atom. The van der Waals surface area contributed by atoms with Gasteiger partial charge in [-0.15, -0.1) is 0 Å². The van der Waals surface area contributed by atoms with Crippen LogP contribution in [0.5, 0.6) is 5.75 Å². The van der Waals surface area contributed by atoms with Gasteiger partial charge in [-0.05, 0) is 44.9 Å². The third-order valence-electron chi connectivity index (χ3n) is 3.50. The van der Waals surface area contributed by atoms with Crippen molar-refractivity contribution in [2.45, 2.75) is 45.3 Å². The summed E-state index contributed by atoms with van der Waals surface area (Å²) in [7, 11) is 0. The monoisotopic (exact) mass is 291 g/mol. The molecule has 0 bridgehead atoms. The van der Waals surface area contributed by atoms with Crippen LogP contribution in [0, 0.1) is 0 Å². The lowest BCUT2D eigenvalue weighted by molar-refractivity contribution is -0.137. The highest BCUT2D eigenvalue weighted by Crippen LogP contribution is 2.24. The van der Waals surface area contributed by atoms with Crippen molar-refractivity contribution < 1.29 is 19.4 Å². The molecule has 1 heterocycles. The van der Waals surface area contributed by atoms with E-state index in [9.17, 15) is 9.59 Å². The van der Waals surface area contributed by atoms with Crippen molar-refractivity contribution in [2.75, 3.05) is 6.54 Å². The van der Waals surface area contributed by atoms with Gasteiger partial charge in [0.15, 0.2) is 0 Å². The van der Waals surface area contributed by atoms with Crippen molar-refractivity contribution in [3.8, 4) is 5.75 Å². The number of aliphatic carboxylic acids is 1. The molecule has 1 amide bonds. The molecule has 5 nitrogen and oxygen atoms in total. The smallest absolute Gasteiger partial charge is 0.305 e. The van der Waals surface area contributed by atoms with E-state index in [4.69, 9.17) is 9.84 Å². The zero-order valence-electron chi connectivity index (χ0n) is 12.4. The zero-order chi connectivity index (χ0) is 15.4. The summed E-state index contributed by atoms with van der Waals surface area (Å²) >= 11 is 0. The molecule has 1 unspecified atom stereocenters. The lowest BCUT2D eigenvalue weighted by Gasteiger charge is -2.23. The maximum absolute atomic E-state index is 12.6. The van der Waals surface area contributed by atoms with E-state index in [1.54, 1.807) is 23.1 Å². The maximum atomic E-state index is 12.6. The molecule has 0 aliphatic carbocycles. The quantitative estimate of drug-likeness (QED) is 0.905. The molecule has 1 aromatic carbocycles. The van der Waals surface area contributed by atoms with Gasteiger partial charge >= 0.3 is 5.97 Å². The van der Waals surface area contributed by atoms with Crippen LogP contribution in [0.25, 0.3) is 0 Å². The van der Waals surface area contributed by atoms with Crippen LogP contribution in [0.3, 0.4) is 0 Å². The molecular weight excluding hydrogens is 270 g/mol. The maximum Gasteiger partial charge on any atom is 0.305 e. The zero-order valence-corrected chi connectivity index (χ0v) is 12.4. The van der Waals surface area contributed by atoms with Crippen LogP contribution in [0.15, 0.2) is 24.3 Å². The highest BCUT2D eigenvalue weighted by atomic mass is 16.5. The van der Waals surface area contributed by atoms with Gasteiger partial charge in [-0.2, -0.15) is 0 Å². The second kappa shape index (κ2) is 6.61. The number of carbonyl (C=O) groups is 2. The van der Waals surface area contributed by atoms with Gasteiger partial charge in [0.05, 0.1) is 12.5 Å². The molecule has 1 saturated heterocycles. The highest BCUT2D eigenvalue weighted by Gasteiger charge is 2.31. The van der Waals surface area contributed by atoms with E-state index in [0.29, 0.717) is 17.9 Å². The molecule has 114 valence electrons. The Balaban J connectivity index is 2.13. The minimum Gasteiger partial charge on any atom is -0.491 e. The second-order valence-corrected chi connectivity index (χ2v) is 5.59. The fourth-order valence-electron chi connectivity index (χ4n) is 2.66. The number of rotatable bonds is 5. The van der Waals surface area contributed by atoms with Gasteiger partial charge in [0, 0.05) is 18.2 Å². The molecule has 0 aromatic heterocycles. The van der Waals surface area contributed by atoms with E-state index in [0.717, 1.165) is 12.8 Å². The van der Waals surface area contributed by atoms with Crippen LogP contribution in [0.4, 0.5) is 0 Å². The van der Waals surface area contributed by atoms with Gasteiger partial charge in [-0.25, -0.2) is 0 Å². The van der Waals surface area contributed by atoms with E-state index >= 15 is 0 Å². The summed E-state index contributed by atoms with van der Waals surface area (Å²) in [6, 6.07) is 6.86. The molecule has 1 fully saturated rings. The summed E-state index contributed by atoms with van der Waals surface area (Å²) in [5.41, 5.74) is 0.547. The van der Waals surface area contributed by atoms with Crippen molar-refractivity contribution in [2.24, 2.45) is 0 Å². The molecule has 1 aromatic rings. The summed E-state index contributed by atoms with van der Waals surface area (Å²) in [6.45, 7) is 4.47. The fraction of sp³-hybridized carbons (Fsp3) is 0.500. The summed E-state index contributed by atoms with van der Waals surface area (Å²) in [6.07, 6.45) is 1.65. The molecule has 0 spiro atoms. The first kappa shape index (κ1) is 15.4. The summed E-state index contributed by atoms with van der Waals surface area (Å²) in [5, 5.41) is 8.93. The van der Waals surface area contributed by atoms with Crippen LogP contribution in [-0.4, -0.2) is 40.6 Å². The lowest BCUT2D eigenvalue weighted by Crippen LogP contribution is -2.36. The number of carboxylic acid groups (broad SMARTS) is 1. The predicted molar refractivity (Wildman–Crippen MR) is 78.5 cm³/mol. The van der Waals surface area contributed by atoms with Crippen molar-refractivity contribution >= 4 is 11.9 Å². The van der Waals surface area contributed by atoms with Crippen molar-refractivity contribution in [1.82, 2.24) is 4.90 Å². The molecule has 2 rings (SSSR count). The van der Waals surface area contributed by atoms with Crippen LogP contribution in [0.1, 0.15) is 43.5 Å². The summed E-state index contributed by atoms with van der Waals surface area (Å²) in [4.78, 5) is 25.1. The Hall–Kier alpha value is -2.04. The van der Waals surface area contributed by atoms with Gasteiger partial charge in [-0.3, -0.25) is 9.59 Å². The minimum absolute atomic E-state index is 0.00786. The largest absolute Gasteiger partial charge is 0.491 e. The molecule has 0 saturated carbocycles. The Labute approximate surface area is 124 Å². The van der Waals surface area contributed by atoms with Crippen LogP contribution < -0.4 is 4.74 Å². The molecular formula is C16H21NO4. The Morgan fingerprint density at radius 1 is 1.43 bits per heavy atom. The van der Waals surface area contributed by atoms with Gasteiger partial charge in [0.25, 0.3) is 5.91 Å². The summed E-state index contributed by atoms with van der Waals surface area (Å²) < 4.78 is 5.59. The lowest BCUT2D eigenvalue weighted by atomic mass is 10.1. The number of benzene rings is 1. The Morgan fingerprint density at radius 2 is 2.19 bits per heavy atom. The first-order valence-electron chi connectivity index (χ1n) is 7.27. The Kier molecular flexibility index (Phi) is 4.83. The SMILES string of the molecule is CC(C)Oc1cccc(C(=O)N2CCCC2CC(=O)O)c1. The van der Waals surface area contributed by atoms with Crippen LogP contribution in [-0.2, 0) is 4.79 Å². The Bertz CT molecular complexity index is 527. The number of hydrogen-bond acceptors (Lipinski definition) is 3. The van der Waals surface area contributed by atoms with Crippen molar-refractivity contribution in [3.05, 3.63) is 29.8 Å². The number of amides is 1. The first-order valence-corrected chi connectivity index (χ1v) is 7.27. The molecule has 21 heavy (non-hydrogen) atoms. The van der Waals surface area contributed by atoms with Crippen LogP contribution in [0.2, 0.25) is 0 Å². The highest BCUT2D eigenvalue weighted by molar-refractivity contribution is 5.95. The number of carbonyl (C=O) groups excluding carboxylic acids is 1. The van der Waals surface area contributed by atoms with Gasteiger partial charge in [0.1, 0.15) is 5.75 Å². The molecule has 5 heteroatoms. The predicted octanol–water partition coefficient (Wildman–Crippen LogP) is 2.55. The third kappa shape index (κ3) is 3.97. The number of likely N-dealkylation sites (tertiary alicyclic amines) is 1. The standard InChI is InChI=1S/C16H21NO4/c1-11(2)21-14-7-3-5-12(9-14)16(20)17-8-4-6-13(17)10-15(18)19/h3,5,7,9,11,13H,4,6,8,10H2,1-2H3,(H,18,19). The average Bonchev–Trinajstić information content (AvgIpc) is 2.84. The summed E-state index contributed by atoms with van der Waals surface area (Å²) in [5.74, 6) is -0.325. The van der Waals surface area contributed by atoms with E-state index in [1.807, 2.05) is 19.9 Å². The van der Waals surface area contributed by atoms with E-state index in [-0.39, 0.29) is 24.5 Å². The van der Waals surface area contributed by atoms with Gasteiger partial charge < -0.3 is 14.7 Å². The van der Waals surface area contributed by atoms with Crippen molar-refractivity contribution in [1.29, 1.82) is 0 Å². The number of hydrogen-bond donors (Lipinski definition) is 1.